The van der Waals surface area contributed by atoms with Gasteiger partial charge in [0, 0.05) is 11.3 Å². The minimum absolute atomic E-state index is 0.105. The number of hydrogen-bond donors (Lipinski definition) is 3. The highest BCUT2D eigenvalue weighted by Gasteiger charge is 2.20. The number of hydrogen-bond acceptors (Lipinski definition) is 6. The van der Waals surface area contributed by atoms with Gasteiger partial charge in [-0.2, -0.15) is 0 Å². The van der Waals surface area contributed by atoms with Gasteiger partial charge in [0.25, 0.3) is 0 Å². The third-order valence-corrected chi connectivity index (χ3v) is 6.05. The molecule has 8 heteroatoms. The van der Waals surface area contributed by atoms with Crippen molar-refractivity contribution < 1.29 is 9.90 Å². The first-order valence-corrected chi connectivity index (χ1v) is 10.7. The van der Waals surface area contributed by atoms with Crippen molar-refractivity contribution >= 4 is 50.6 Å². The summed E-state index contributed by atoms with van der Waals surface area (Å²) in [5.74, 6) is 0.282. The van der Waals surface area contributed by atoms with Gasteiger partial charge in [0.2, 0.25) is 5.91 Å². The maximum atomic E-state index is 11.7. The van der Waals surface area contributed by atoms with Crippen molar-refractivity contribution in [2.45, 2.75) is 6.04 Å². The third kappa shape index (κ3) is 4.44. The third-order valence-electron chi connectivity index (χ3n) is 4.74. The maximum absolute atomic E-state index is 11.7. The predicted molar refractivity (Wildman–Crippen MR) is 127 cm³/mol. The Morgan fingerprint density at radius 2 is 2.00 bits per heavy atom. The van der Waals surface area contributed by atoms with Gasteiger partial charge in [-0.1, -0.05) is 60.6 Å². The van der Waals surface area contributed by atoms with Gasteiger partial charge in [-0.15, -0.1) is 11.3 Å². The smallest absolute Gasteiger partial charge is 0.247 e. The molecular weight excluding hydrogens is 432 g/mol. The summed E-state index contributed by atoms with van der Waals surface area (Å²) in [4.78, 5) is 21.2. The fourth-order valence-corrected chi connectivity index (χ4v) is 4.62. The van der Waals surface area contributed by atoms with Gasteiger partial charge in [-0.3, -0.25) is 4.79 Å². The molecule has 2 aromatic carbocycles. The molecule has 0 aliphatic carbocycles. The molecule has 0 aliphatic heterocycles. The van der Waals surface area contributed by atoms with Gasteiger partial charge < -0.3 is 15.7 Å². The number of nitrogens with zero attached hydrogens (tertiary/aromatic N) is 2. The number of nitrogens with one attached hydrogen (secondary N) is 2. The Hall–Kier alpha value is -3.26. The Morgan fingerprint density at radius 1 is 1.19 bits per heavy atom. The Morgan fingerprint density at radius 3 is 2.74 bits per heavy atom. The van der Waals surface area contributed by atoms with Crippen LogP contribution in [0.4, 0.5) is 11.5 Å². The number of aromatic nitrogens is 2. The summed E-state index contributed by atoms with van der Waals surface area (Å²) in [6, 6.07) is 16.7. The zero-order valence-electron chi connectivity index (χ0n) is 16.4. The summed E-state index contributed by atoms with van der Waals surface area (Å²) in [5, 5.41) is 16.8. The largest absolute Gasteiger partial charge is 0.394 e. The summed E-state index contributed by atoms with van der Waals surface area (Å²) in [6.45, 7) is 3.37. The SMILES string of the molecule is C=CC(=O)Nc1cccc(-c2c(Cl)sc3ncnc(N[C@H](CO)c4ccccc4)c23)c1. The van der Waals surface area contributed by atoms with Crippen LogP contribution in [0.15, 0.2) is 73.6 Å². The van der Waals surface area contributed by atoms with Crippen LogP contribution in [-0.4, -0.2) is 27.6 Å². The van der Waals surface area contributed by atoms with Crippen LogP contribution in [0.2, 0.25) is 4.34 Å². The molecule has 0 saturated carbocycles. The molecular formula is C23H19ClN4O2S. The van der Waals surface area contributed by atoms with Crippen molar-refractivity contribution in [3.05, 3.63) is 83.5 Å². The van der Waals surface area contributed by atoms with E-state index in [1.807, 2.05) is 48.5 Å². The summed E-state index contributed by atoms with van der Waals surface area (Å²) in [5.41, 5.74) is 3.15. The molecule has 31 heavy (non-hydrogen) atoms. The van der Waals surface area contributed by atoms with Gasteiger partial charge >= 0.3 is 0 Å². The minimum Gasteiger partial charge on any atom is -0.394 e. The number of carbonyl (C=O) groups is 1. The van der Waals surface area contributed by atoms with E-state index in [0.29, 0.717) is 15.8 Å². The number of benzene rings is 2. The van der Waals surface area contributed by atoms with Gasteiger partial charge in [0.1, 0.15) is 21.3 Å². The lowest BCUT2D eigenvalue weighted by atomic mass is 10.0. The molecule has 4 rings (SSSR count). The van der Waals surface area contributed by atoms with Gasteiger partial charge in [0.05, 0.1) is 18.0 Å². The second-order valence-corrected chi connectivity index (χ2v) is 8.32. The molecule has 1 atom stereocenters. The van der Waals surface area contributed by atoms with Gasteiger partial charge in [-0.05, 0) is 29.3 Å². The van der Waals surface area contributed by atoms with Crippen molar-refractivity contribution in [3.8, 4) is 11.1 Å². The van der Waals surface area contributed by atoms with Crippen molar-refractivity contribution in [3.63, 3.8) is 0 Å². The lowest BCUT2D eigenvalue weighted by Crippen LogP contribution is -2.15. The summed E-state index contributed by atoms with van der Waals surface area (Å²) < 4.78 is 0.561. The lowest BCUT2D eigenvalue weighted by Gasteiger charge is -2.18. The van der Waals surface area contributed by atoms with Crippen LogP contribution < -0.4 is 10.6 Å². The Labute approximate surface area is 188 Å². The normalized spacial score (nSPS) is 11.8. The highest BCUT2D eigenvalue weighted by Crippen LogP contribution is 2.44. The van der Waals surface area contributed by atoms with E-state index >= 15 is 0 Å². The number of rotatable bonds is 7. The summed E-state index contributed by atoms with van der Waals surface area (Å²) in [6.07, 6.45) is 2.69. The van der Waals surface area contributed by atoms with E-state index in [4.69, 9.17) is 11.6 Å². The topological polar surface area (TPSA) is 87.1 Å². The van der Waals surface area contributed by atoms with Crippen LogP contribution in [-0.2, 0) is 4.79 Å². The first kappa shape index (κ1) is 21.0. The van der Waals surface area contributed by atoms with Crippen molar-refractivity contribution in [1.82, 2.24) is 9.97 Å². The number of aliphatic hydroxyl groups is 1. The molecule has 0 spiro atoms. The van der Waals surface area contributed by atoms with E-state index < -0.39 is 0 Å². The maximum Gasteiger partial charge on any atom is 0.247 e. The molecule has 1 amide bonds. The average molecular weight is 451 g/mol. The number of thiophene rings is 1. The van der Waals surface area contributed by atoms with Crippen molar-refractivity contribution in [2.24, 2.45) is 0 Å². The van der Waals surface area contributed by atoms with Gasteiger partial charge in [0.15, 0.2) is 0 Å². The molecule has 0 bridgehead atoms. The molecule has 6 nitrogen and oxygen atoms in total. The minimum atomic E-state index is -0.343. The molecule has 3 N–H and O–H groups in total. The lowest BCUT2D eigenvalue weighted by molar-refractivity contribution is -0.111. The molecule has 0 fully saturated rings. The molecule has 2 heterocycles. The number of aliphatic hydroxyl groups excluding tert-OH is 1. The quantitative estimate of drug-likeness (QED) is 0.333. The number of halogens is 1. The summed E-state index contributed by atoms with van der Waals surface area (Å²) in [7, 11) is 0. The number of amides is 1. The fourth-order valence-electron chi connectivity index (χ4n) is 3.30. The first-order chi connectivity index (χ1) is 15.1. The average Bonchev–Trinajstić information content (AvgIpc) is 3.14. The number of carbonyl (C=O) groups excluding carboxylic acids is 1. The van der Waals surface area contributed by atoms with E-state index in [0.717, 1.165) is 26.9 Å². The zero-order valence-corrected chi connectivity index (χ0v) is 18.0. The molecule has 0 radical (unpaired) electrons. The van der Waals surface area contributed by atoms with Crippen LogP contribution in [0.25, 0.3) is 21.3 Å². The number of anilines is 2. The monoisotopic (exact) mass is 450 g/mol. The van der Waals surface area contributed by atoms with E-state index in [1.165, 1.54) is 23.7 Å². The predicted octanol–water partition coefficient (Wildman–Crippen LogP) is 5.28. The Kier molecular flexibility index (Phi) is 6.27. The second-order valence-electron chi connectivity index (χ2n) is 6.72. The van der Waals surface area contributed by atoms with E-state index in [2.05, 4.69) is 27.2 Å². The van der Waals surface area contributed by atoms with Crippen molar-refractivity contribution in [1.29, 1.82) is 0 Å². The molecule has 0 aliphatic rings. The van der Waals surface area contributed by atoms with Crippen LogP contribution in [0, 0.1) is 0 Å². The van der Waals surface area contributed by atoms with Crippen LogP contribution in [0.1, 0.15) is 11.6 Å². The zero-order chi connectivity index (χ0) is 21.8. The van der Waals surface area contributed by atoms with Crippen LogP contribution in [0.3, 0.4) is 0 Å². The van der Waals surface area contributed by atoms with Crippen LogP contribution >= 0.6 is 22.9 Å². The second kappa shape index (κ2) is 9.26. The first-order valence-electron chi connectivity index (χ1n) is 9.50. The summed E-state index contributed by atoms with van der Waals surface area (Å²) >= 11 is 7.97. The Bertz CT molecular complexity index is 1240. The molecule has 0 unspecified atom stereocenters. The highest BCUT2D eigenvalue weighted by molar-refractivity contribution is 7.23. The van der Waals surface area contributed by atoms with E-state index in [-0.39, 0.29) is 18.6 Å². The van der Waals surface area contributed by atoms with Crippen LogP contribution in [0.5, 0.6) is 0 Å². The van der Waals surface area contributed by atoms with Crippen molar-refractivity contribution in [2.75, 3.05) is 17.2 Å². The molecule has 2 aromatic heterocycles. The van der Waals surface area contributed by atoms with E-state index in [1.54, 1.807) is 6.07 Å². The molecule has 156 valence electrons. The number of fused-ring (bicyclic) bond motifs is 1. The molecule has 4 aromatic rings. The standard InChI is InChI=1S/C23H19ClN4O2S/c1-2-18(30)27-16-10-6-9-15(11-16)19-20-22(25-13-26-23(20)31-21(19)24)28-17(12-29)14-7-4-3-5-8-14/h2-11,13,17,29H,1,12H2,(H,27,30)(H,25,26,28)/t17-/m1/s1. The molecule has 0 saturated heterocycles. The Balaban J connectivity index is 1.79. The fraction of sp³-hybridized carbons (Fsp3) is 0.0870. The van der Waals surface area contributed by atoms with E-state index in [9.17, 15) is 9.90 Å². The highest BCUT2D eigenvalue weighted by atomic mass is 35.5. The van der Waals surface area contributed by atoms with Gasteiger partial charge in [-0.25, -0.2) is 9.97 Å².